The van der Waals surface area contributed by atoms with Crippen LogP contribution in [0.5, 0.6) is 0 Å². The molecule has 1 aromatic carbocycles. The first-order chi connectivity index (χ1) is 13.9. The van der Waals surface area contributed by atoms with Crippen LogP contribution in [0.25, 0.3) is 0 Å². The SMILES string of the molecule is CCO[PH](=O)C(Cc1ccc(NC(=S)n2ccnc2)cc1)P(=O)(OCC)OCC. The van der Waals surface area contributed by atoms with Crippen LogP contribution in [0, 0.1) is 0 Å². The van der Waals surface area contributed by atoms with Crippen LogP contribution in [0.15, 0.2) is 43.0 Å². The van der Waals surface area contributed by atoms with Crippen molar-refractivity contribution in [3.05, 3.63) is 48.5 Å². The average Bonchev–Trinajstić information content (AvgIpc) is 3.23. The zero-order chi connectivity index (χ0) is 21.3. The Morgan fingerprint density at radius 2 is 1.86 bits per heavy atom. The van der Waals surface area contributed by atoms with Crippen molar-refractivity contribution in [2.75, 3.05) is 25.1 Å². The van der Waals surface area contributed by atoms with Gasteiger partial charge in [-0.3, -0.25) is 13.7 Å². The monoisotopic (exact) mass is 459 g/mol. The molecule has 0 spiro atoms. The van der Waals surface area contributed by atoms with Crippen LogP contribution in [0.1, 0.15) is 26.3 Å². The van der Waals surface area contributed by atoms with E-state index in [9.17, 15) is 9.13 Å². The molecule has 2 rings (SSSR count). The van der Waals surface area contributed by atoms with E-state index in [1.165, 1.54) is 0 Å². The van der Waals surface area contributed by atoms with E-state index < -0.39 is 21.0 Å². The summed E-state index contributed by atoms with van der Waals surface area (Å²) in [7, 11) is -6.23. The van der Waals surface area contributed by atoms with Crippen molar-refractivity contribution < 1.29 is 22.7 Å². The van der Waals surface area contributed by atoms with E-state index in [2.05, 4.69) is 10.3 Å². The molecule has 2 unspecified atom stereocenters. The van der Waals surface area contributed by atoms with Gasteiger partial charge in [0.05, 0.1) is 19.8 Å². The Bertz CT molecular complexity index is 836. The van der Waals surface area contributed by atoms with E-state index in [1.807, 2.05) is 24.3 Å². The largest absolute Gasteiger partial charge is 0.343 e. The third kappa shape index (κ3) is 6.85. The summed E-state index contributed by atoms with van der Waals surface area (Å²) in [5.41, 5.74) is 1.63. The maximum atomic E-state index is 13.2. The lowest BCUT2D eigenvalue weighted by Crippen LogP contribution is -2.17. The van der Waals surface area contributed by atoms with Gasteiger partial charge >= 0.3 is 7.60 Å². The number of imidazole rings is 1. The van der Waals surface area contributed by atoms with E-state index in [0.717, 1.165) is 11.3 Å². The van der Waals surface area contributed by atoms with Gasteiger partial charge in [-0.2, -0.15) is 0 Å². The molecule has 0 aliphatic carbocycles. The number of rotatable bonds is 11. The van der Waals surface area contributed by atoms with Crippen LogP contribution in [-0.4, -0.2) is 39.9 Å². The minimum atomic E-state index is -3.59. The number of anilines is 1. The van der Waals surface area contributed by atoms with Crippen LogP contribution >= 0.6 is 27.8 Å². The molecule has 0 saturated heterocycles. The Morgan fingerprint density at radius 1 is 1.21 bits per heavy atom. The van der Waals surface area contributed by atoms with E-state index >= 15 is 0 Å². The molecule has 8 nitrogen and oxygen atoms in total. The van der Waals surface area contributed by atoms with Crippen molar-refractivity contribution in [2.24, 2.45) is 0 Å². The quantitative estimate of drug-likeness (QED) is 0.379. The lowest BCUT2D eigenvalue weighted by molar-refractivity contribution is 0.215. The Hall–Kier alpha value is -1.34. The summed E-state index contributed by atoms with van der Waals surface area (Å²) in [6, 6.07) is 7.41. The summed E-state index contributed by atoms with van der Waals surface area (Å²) < 4.78 is 43.8. The first-order valence-electron chi connectivity index (χ1n) is 9.37. The second-order valence-corrected chi connectivity index (χ2v) is 10.7. The maximum Gasteiger partial charge on any atom is 0.343 e. The lowest BCUT2D eigenvalue weighted by Gasteiger charge is -2.25. The Kier molecular flexibility index (Phi) is 9.69. The molecular formula is C18H27N3O5P2S. The van der Waals surface area contributed by atoms with E-state index in [4.69, 9.17) is 25.8 Å². The zero-order valence-corrected chi connectivity index (χ0v) is 19.4. The van der Waals surface area contributed by atoms with E-state index in [1.54, 1.807) is 44.1 Å². The van der Waals surface area contributed by atoms with Gasteiger partial charge in [-0.25, -0.2) is 4.98 Å². The van der Waals surface area contributed by atoms with Crippen molar-refractivity contribution in [3.63, 3.8) is 0 Å². The minimum Gasteiger partial charge on any atom is -0.332 e. The Balaban J connectivity index is 2.16. The second kappa shape index (κ2) is 11.7. The summed E-state index contributed by atoms with van der Waals surface area (Å²) in [6.07, 6.45) is 5.26. The zero-order valence-electron chi connectivity index (χ0n) is 16.7. The van der Waals surface area contributed by atoms with Crippen molar-refractivity contribution in [1.29, 1.82) is 0 Å². The standard InChI is InChI=1S/C18H27N3O5P2S/c1-4-24-27(22)17(28(23,25-5-2)26-6-3)13-15-7-9-16(10-8-15)20-18(29)21-12-11-19-14-21/h7-12,14,17,27H,4-6,13H2,1-3H3,(H,20,29). The Labute approximate surface area is 177 Å². The third-order valence-corrected chi connectivity index (χ3v) is 9.33. The lowest BCUT2D eigenvalue weighted by atomic mass is 10.1. The van der Waals surface area contributed by atoms with Gasteiger partial charge in [-0.1, -0.05) is 12.1 Å². The van der Waals surface area contributed by atoms with Crippen LogP contribution in [0.4, 0.5) is 5.69 Å². The molecule has 2 atom stereocenters. The smallest absolute Gasteiger partial charge is 0.332 e. The molecule has 2 aromatic rings. The fourth-order valence-electron chi connectivity index (χ4n) is 2.65. The number of benzene rings is 1. The summed E-state index contributed by atoms with van der Waals surface area (Å²) in [5.74, 6) is 0. The molecule has 1 N–H and O–H groups in total. The van der Waals surface area contributed by atoms with Crippen molar-refractivity contribution in [1.82, 2.24) is 9.55 Å². The van der Waals surface area contributed by atoms with Gasteiger partial charge in [0.25, 0.3) is 0 Å². The number of nitrogens with zero attached hydrogens (tertiary/aromatic N) is 2. The Morgan fingerprint density at radius 3 is 2.38 bits per heavy atom. The predicted octanol–water partition coefficient (Wildman–Crippen LogP) is 4.77. The van der Waals surface area contributed by atoms with Crippen LogP contribution < -0.4 is 5.32 Å². The molecule has 0 aliphatic heterocycles. The van der Waals surface area contributed by atoms with Gasteiger partial charge in [0.15, 0.2) is 5.11 Å². The third-order valence-electron chi connectivity index (χ3n) is 3.93. The van der Waals surface area contributed by atoms with Gasteiger partial charge in [0.1, 0.15) is 11.7 Å². The number of aromatic nitrogens is 2. The topological polar surface area (TPSA) is 91.7 Å². The number of hydrogen-bond acceptors (Lipinski definition) is 7. The highest BCUT2D eigenvalue weighted by Gasteiger charge is 2.40. The molecule has 1 aromatic heterocycles. The second-order valence-electron chi connectivity index (χ2n) is 5.94. The normalized spacial score (nSPS) is 13.8. The number of thiocarbonyl (C=S) groups is 1. The van der Waals surface area contributed by atoms with Crippen LogP contribution in [-0.2, 0) is 29.1 Å². The summed E-state index contributed by atoms with van der Waals surface area (Å²) >= 11 is 5.32. The average molecular weight is 459 g/mol. The highest BCUT2D eigenvalue weighted by molar-refractivity contribution is 7.80. The van der Waals surface area contributed by atoms with Crippen molar-refractivity contribution in [2.45, 2.75) is 32.6 Å². The summed E-state index contributed by atoms with van der Waals surface area (Å²) in [5, 5.41) is 2.75. The first-order valence-corrected chi connectivity index (χ1v) is 12.8. The highest BCUT2D eigenvalue weighted by Crippen LogP contribution is 2.62. The summed E-state index contributed by atoms with van der Waals surface area (Å²) in [4.78, 5) is 3.96. The maximum absolute atomic E-state index is 13.2. The molecule has 11 heteroatoms. The number of hydrogen-bond donors (Lipinski definition) is 1. The molecule has 0 fully saturated rings. The van der Waals surface area contributed by atoms with Gasteiger partial charge in [0.2, 0.25) is 8.03 Å². The van der Waals surface area contributed by atoms with E-state index in [0.29, 0.717) is 5.11 Å². The molecule has 160 valence electrons. The molecule has 0 aliphatic rings. The molecule has 0 radical (unpaired) electrons. The summed E-state index contributed by atoms with van der Waals surface area (Å²) in [6.45, 7) is 5.86. The molecule has 0 bridgehead atoms. The molecule has 29 heavy (non-hydrogen) atoms. The fourth-order valence-corrected chi connectivity index (χ4v) is 7.05. The van der Waals surface area contributed by atoms with Gasteiger partial charge in [-0.05, 0) is 57.1 Å². The minimum absolute atomic E-state index is 0.198. The van der Waals surface area contributed by atoms with Gasteiger partial charge < -0.3 is 18.9 Å². The number of nitrogens with one attached hydrogen (secondary N) is 1. The first kappa shape index (κ1) is 23.9. The fraction of sp³-hybridized carbons (Fsp3) is 0.444. The van der Waals surface area contributed by atoms with E-state index in [-0.39, 0.29) is 26.2 Å². The van der Waals surface area contributed by atoms with Crippen molar-refractivity contribution in [3.8, 4) is 0 Å². The van der Waals surface area contributed by atoms with Crippen LogP contribution in [0.2, 0.25) is 0 Å². The highest BCUT2D eigenvalue weighted by atomic mass is 32.1. The predicted molar refractivity (Wildman–Crippen MR) is 119 cm³/mol. The van der Waals surface area contributed by atoms with Gasteiger partial charge in [-0.15, -0.1) is 0 Å². The molecule has 0 saturated carbocycles. The van der Waals surface area contributed by atoms with Gasteiger partial charge in [0, 0.05) is 18.1 Å². The van der Waals surface area contributed by atoms with Crippen molar-refractivity contribution >= 4 is 38.6 Å². The molecular weight excluding hydrogens is 432 g/mol. The van der Waals surface area contributed by atoms with Crippen LogP contribution in [0.3, 0.4) is 0 Å². The molecule has 0 amide bonds. The molecule has 1 heterocycles.